The molecule has 0 aliphatic carbocycles. The molecule has 0 fully saturated rings. The molecule has 6 nitrogen and oxygen atoms in total. The van der Waals surface area contributed by atoms with Crippen LogP contribution in [0.2, 0.25) is 0 Å². The molecule has 1 N–H and O–H groups in total. The highest BCUT2D eigenvalue weighted by atomic mass is 16.6. The third-order valence-corrected chi connectivity index (χ3v) is 10.3. The maximum Gasteiger partial charge on any atom is 0.408 e. The Bertz CT molecular complexity index is 1360. The molecule has 49 heavy (non-hydrogen) atoms. The largest absolute Gasteiger partial charge is 0.492 e. The predicted octanol–water partition coefficient (Wildman–Crippen LogP) is 11.0. The van der Waals surface area contributed by atoms with Gasteiger partial charge >= 0.3 is 12.1 Å². The molecule has 1 aliphatic rings. The van der Waals surface area contributed by atoms with E-state index in [-0.39, 0.29) is 11.8 Å². The number of hydrogen-bond donors (Lipinski definition) is 1. The lowest BCUT2D eigenvalue weighted by Gasteiger charge is -2.37. The lowest BCUT2D eigenvalue weighted by Crippen LogP contribution is -2.46. The van der Waals surface area contributed by atoms with Gasteiger partial charge < -0.3 is 19.5 Å². The molecule has 6 heteroatoms. The summed E-state index contributed by atoms with van der Waals surface area (Å²) >= 11 is 0. The summed E-state index contributed by atoms with van der Waals surface area (Å²) in [6.45, 7) is 24.0. The Hall–Kier alpha value is -3.02. The van der Waals surface area contributed by atoms with E-state index >= 15 is 0 Å². The molecular weight excluding hydrogens is 610 g/mol. The number of benzene rings is 2. The molecule has 1 amide bonds. The Kier molecular flexibility index (Phi) is 15.1. The van der Waals surface area contributed by atoms with Crippen LogP contribution in [0.1, 0.15) is 141 Å². The summed E-state index contributed by atoms with van der Waals surface area (Å²) in [6, 6.07) is 8.69. The van der Waals surface area contributed by atoms with Crippen LogP contribution in [0.5, 0.6) is 11.5 Å². The van der Waals surface area contributed by atoms with Crippen LogP contribution < -0.4 is 14.8 Å². The molecule has 1 heterocycles. The molecule has 274 valence electrons. The molecule has 0 saturated heterocycles. The molecule has 0 spiro atoms. The molecule has 0 aromatic heterocycles. The summed E-state index contributed by atoms with van der Waals surface area (Å²) in [7, 11) is 0. The second-order valence-corrected chi connectivity index (χ2v) is 17.0. The van der Waals surface area contributed by atoms with Crippen molar-refractivity contribution in [2.45, 2.75) is 158 Å². The van der Waals surface area contributed by atoms with Crippen LogP contribution >= 0.6 is 0 Å². The first-order valence-electron chi connectivity index (χ1n) is 19.0. The highest BCUT2D eigenvalue weighted by molar-refractivity contribution is 5.84. The summed E-state index contributed by atoms with van der Waals surface area (Å²) in [5, 5.41) is 2.76. The van der Waals surface area contributed by atoms with Crippen molar-refractivity contribution in [2.75, 3.05) is 6.61 Å². The van der Waals surface area contributed by atoms with E-state index in [0.717, 1.165) is 58.6 Å². The molecule has 4 atom stereocenters. The van der Waals surface area contributed by atoms with Gasteiger partial charge in [0, 0.05) is 17.4 Å². The normalized spacial score (nSPS) is 17.9. The molecule has 0 unspecified atom stereocenters. The maximum absolute atomic E-state index is 13.7. The zero-order chi connectivity index (χ0) is 36.4. The number of carbonyl (C=O) groups is 2. The molecule has 0 radical (unpaired) electrons. The number of carbonyl (C=O) groups excluding carboxylic acids is 2. The number of esters is 1. The van der Waals surface area contributed by atoms with Crippen LogP contribution in [0.15, 0.2) is 30.3 Å². The van der Waals surface area contributed by atoms with Crippen molar-refractivity contribution in [1.82, 2.24) is 5.32 Å². The Balaban J connectivity index is 1.62. The minimum Gasteiger partial charge on any atom is -0.492 e. The first kappa shape index (κ1) is 40.4. The van der Waals surface area contributed by atoms with Crippen LogP contribution in [0.25, 0.3) is 0 Å². The number of amides is 1. The number of ether oxygens (including phenoxy) is 3. The van der Waals surface area contributed by atoms with Crippen LogP contribution in [-0.2, 0) is 22.4 Å². The average molecular weight is 678 g/mol. The number of rotatable bonds is 17. The number of nitrogens with one attached hydrogen (secondary N) is 1. The van der Waals surface area contributed by atoms with Crippen molar-refractivity contribution in [3.63, 3.8) is 0 Å². The monoisotopic (exact) mass is 678 g/mol. The third-order valence-electron chi connectivity index (χ3n) is 10.3. The van der Waals surface area contributed by atoms with Crippen molar-refractivity contribution >= 4 is 12.1 Å². The van der Waals surface area contributed by atoms with E-state index in [0.29, 0.717) is 12.4 Å². The SMILES string of the molecule is Cc1c(C)c(OC(=O)[C@@H](Cc2ccccc2)NC(=O)OC(C)(C)C)c(C)c2c1C[C@](C)(CCC[C@@H](C)CCC[C@H](C)CCCC(C)C)CO2. The van der Waals surface area contributed by atoms with Crippen molar-refractivity contribution in [1.29, 1.82) is 0 Å². The van der Waals surface area contributed by atoms with Crippen molar-refractivity contribution in [2.24, 2.45) is 23.2 Å². The zero-order valence-corrected chi connectivity index (χ0v) is 32.7. The summed E-state index contributed by atoms with van der Waals surface area (Å²) in [4.78, 5) is 26.4. The van der Waals surface area contributed by atoms with Gasteiger partial charge in [-0.15, -0.1) is 0 Å². The summed E-state index contributed by atoms with van der Waals surface area (Å²) in [5.41, 5.74) is 4.37. The summed E-state index contributed by atoms with van der Waals surface area (Å²) in [5.74, 6) is 3.22. The number of hydrogen-bond acceptors (Lipinski definition) is 5. The fourth-order valence-corrected chi connectivity index (χ4v) is 7.14. The van der Waals surface area contributed by atoms with E-state index in [1.165, 1.54) is 56.9 Å². The van der Waals surface area contributed by atoms with E-state index in [2.05, 4.69) is 46.9 Å². The highest BCUT2D eigenvalue weighted by Crippen LogP contribution is 2.46. The van der Waals surface area contributed by atoms with Gasteiger partial charge in [0.25, 0.3) is 0 Å². The first-order valence-corrected chi connectivity index (χ1v) is 19.0. The van der Waals surface area contributed by atoms with Crippen molar-refractivity contribution in [3.8, 4) is 11.5 Å². The Morgan fingerprint density at radius 1 is 0.857 bits per heavy atom. The van der Waals surface area contributed by atoms with Gasteiger partial charge in [0.05, 0.1) is 6.61 Å². The lowest BCUT2D eigenvalue weighted by molar-refractivity contribution is -0.136. The second kappa shape index (κ2) is 18.3. The van der Waals surface area contributed by atoms with Gasteiger partial charge in [-0.05, 0) is 94.4 Å². The fraction of sp³-hybridized carbons (Fsp3) is 0.674. The molecule has 3 rings (SSSR count). The van der Waals surface area contributed by atoms with Crippen molar-refractivity contribution in [3.05, 3.63) is 58.1 Å². The maximum atomic E-state index is 13.7. The van der Waals surface area contributed by atoms with Gasteiger partial charge in [-0.2, -0.15) is 0 Å². The molecular formula is C43H67NO5. The lowest BCUT2D eigenvalue weighted by atomic mass is 9.75. The Morgan fingerprint density at radius 2 is 1.45 bits per heavy atom. The number of fused-ring (bicyclic) bond motifs is 1. The first-order chi connectivity index (χ1) is 23.0. The van der Waals surface area contributed by atoms with E-state index in [1.54, 1.807) is 20.8 Å². The van der Waals surface area contributed by atoms with Gasteiger partial charge in [-0.25, -0.2) is 9.59 Å². The Morgan fingerprint density at radius 3 is 2.04 bits per heavy atom. The molecule has 2 aromatic carbocycles. The van der Waals surface area contributed by atoms with Crippen LogP contribution in [0, 0.1) is 43.9 Å². The van der Waals surface area contributed by atoms with Crippen LogP contribution in [0.3, 0.4) is 0 Å². The summed E-state index contributed by atoms with van der Waals surface area (Å²) < 4.78 is 18.1. The van der Waals surface area contributed by atoms with Crippen molar-refractivity contribution < 1.29 is 23.8 Å². The van der Waals surface area contributed by atoms with E-state index in [1.807, 2.05) is 44.2 Å². The minimum absolute atomic E-state index is 0.0671. The minimum atomic E-state index is -0.919. The van der Waals surface area contributed by atoms with Gasteiger partial charge in [-0.3, -0.25) is 0 Å². The van der Waals surface area contributed by atoms with Gasteiger partial charge in [0.2, 0.25) is 0 Å². The van der Waals surface area contributed by atoms with Gasteiger partial charge in [-0.1, -0.05) is 116 Å². The van der Waals surface area contributed by atoms with Gasteiger partial charge in [0.1, 0.15) is 23.1 Å². The van der Waals surface area contributed by atoms with Crippen LogP contribution in [0.4, 0.5) is 4.79 Å². The van der Waals surface area contributed by atoms with Gasteiger partial charge in [0.15, 0.2) is 0 Å². The third kappa shape index (κ3) is 13.0. The molecule has 2 aromatic rings. The number of alkyl carbamates (subject to hydrolysis) is 1. The molecule has 0 saturated carbocycles. The fourth-order valence-electron chi connectivity index (χ4n) is 7.14. The summed E-state index contributed by atoms with van der Waals surface area (Å²) in [6.07, 6.45) is 12.3. The van der Waals surface area contributed by atoms with E-state index in [4.69, 9.17) is 14.2 Å². The highest BCUT2D eigenvalue weighted by Gasteiger charge is 2.35. The molecule has 0 bridgehead atoms. The topological polar surface area (TPSA) is 73.9 Å². The molecule has 1 aliphatic heterocycles. The average Bonchev–Trinajstić information content (AvgIpc) is 3.01. The predicted molar refractivity (Wildman–Crippen MR) is 202 cm³/mol. The van der Waals surface area contributed by atoms with Crippen LogP contribution in [-0.4, -0.2) is 30.3 Å². The quantitative estimate of drug-likeness (QED) is 0.133. The van der Waals surface area contributed by atoms with E-state index in [9.17, 15) is 9.59 Å². The Labute approximate surface area is 298 Å². The smallest absolute Gasteiger partial charge is 0.408 e. The van der Waals surface area contributed by atoms with E-state index < -0.39 is 23.7 Å². The standard InChI is InChI=1S/C43H67NO5/c1-29(2)18-15-19-30(3)20-16-21-31(4)22-17-25-43(11)27-36-32(5)33(6)38(34(7)39(36)47-28-43)48-40(45)37(26-35-23-13-12-14-24-35)44-41(46)49-42(8,9)10/h12-14,23-24,29-31,37H,15-22,25-28H2,1-11H3,(H,44,46)/t30-,31+,37-,43+/m1/s1. The zero-order valence-electron chi connectivity index (χ0n) is 32.7. The second-order valence-electron chi connectivity index (χ2n) is 17.0.